The molecule has 1 heterocycles. The molecule has 0 aromatic heterocycles. The van der Waals surface area contributed by atoms with E-state index >= 15 is 0 Å². The molecule has 0 spiro atoms. The molecule has 1 aromatic rings. The Bertz CT molecular complexity index is 636. The minimum Gasteiger partial charge on any atom is -0.379 e. The van der Waals surface area contributed by atoms with Gasteiger partial charge in [0.15, 0.2) is 0 Å². The smallest absolute Gasteiger partial charge is 0.321 e. The number of morpholine rings is 1. The number of urea groups is 1. The summed E-state index contributed by atoms with van der Waals surface area (Å²) in [7, 11) is 0. The average Bonchev–Trinajstić information content (AvgIpc) is 2.60. The molecular weight excluding hydrogens is 344 g/mol. The van der Waals surface area contributed by atoms with Crippen LogP contribution in [0, 0.1) is 0 Å². The van der Waals surface area contributed by atoms with Crippen LogP contribution in [0.3, 0.4) is 0 Å². The lowest BCUT2D eigenvalue weighted by Crippen LogP contribution is -2.52. The molecular formula is C20H32N4O3. The van der Waals surface area contributed by atoms with E-state index in [1.807, 2.05) is 32.9 Å². The zero-order chi connectivity index (χ0) is 19.9. The van der Waals surface area contributed by atoms with Crippen LogP contribution in [-0.4, -0.2) is 54.7 Å². The number of amides is 3. The Morgan fingerprint density at radius 3 is 2.41 bits per heavy atom. The van der Waals surface area contributed by atoms with Crippen LogP contribution in [-0.2, 0) is 22.6 Å². The van der Waals surface area contributed by atoms with Crippen molar-refractivity contribution in [3.63, 3.8) is 0 Å². The molecule has 150 valence electrons. The first-order chi connectivity index (χ1) is 12.7. The van der Waals surface area contributed by atoms with Gasteiger partial charge in [0, 0.05) is 31.7 Å². The second-order valence-electron chi connectivity index (χ2n) is 7.95. The van der Waals surface area contributed by atoms with Gasteiger partial charge in [-0.15, -0.1) is 0 Å². The third-order valence-electron chi connectivity index (χ3n) is 4.33. The van der Waals surface area contributed by atoms with E-state index in [2.05, 4.69) is 33.0 Å². The topological polar surface area (TPSA) is 82.7 Å². The van der Waals surface area contributed by atoms with Crippen molar-refractivity contribution in [2.24, 2.45) is 0 Å². The number of nitrogens with one attached hydrogen (secondary N) is 3. The van der Waals surface area contributed by atoms with Crippen LogP contribution >= 0.6 is 0 Å². The second kappa shape index (κ2) is 9.82. The molecule has 27 heavy (non-hydrogen) atoms. The van der Waals surface area contributed by atoms with Gasteiger partial charge in [0.05, 0.1) is 19.3 Å². The SMILES string of the molecule is C[C@@H](NCc1ccccc1CN1CCOCC1)C(=O)NC(=O)NC(C)(C)C. The predicted octanol–water partition coefficient (Wildman–Crippen LogP) is 1.62. The molecule has 0 aliphatic carbocycles. The highest BCUT2D eigenvalue weighted by molar-refractivity contribution is 5.97. The summed E-state index contributed by atoms with van der Waals surface area (Å²) >= 11 is 0. The van der Waals surface area contributed by atoms with Gasteiger partial charge in [-0.25, -0.2) is 4.79 Å². The van der Waals surface area contributed by atoms with Crippen LogP contribution in [0.15, 0.2) is 24.3 Å². The number of benzene rings is 1. The van der Waals surface area contributed by atoms with E-state index in [1.165, 1.54) is 5.56 Å². The summed E-state index contributed by atoms with van der Waals surface area (Å²) in [5, 5.41) is 8.31. The molecule has 1 atom stereocenters. The maximum absolute atomic E-state index is 12.2. The van der Waals surface area contributed by atoms with Gasteiger partial charge in [-0.1, -0.05) is 24.3 Å². The molecule has 3 N–H and O–H groups in total. The summed E-state index contributed by atoms with van der Waals surface area (Å²) in [5.41, 5.74) is 2.01. The van der Waals surface area contributed by atoms with Crippen molar-refractivity contribution in [1.82, 2.24) is 20.9 Å². The number of ether oxygens (including phenoxy) is 1. The highest BCUT2D eigenvalue weighted by Gasteiger charge is 2.19. The van der Waals surface area contributed by atoms with E-state index in [9.17, 15) is 9.59 Å². The maximum atomic E-state index is 12.2. The summed E-state index contributed by atoms with van der Waals surface area (Å²) in [4.78, 5) is 26.4. The fraction of sp³-hybridized carbons (Fsp3) is 0.600. The van der Waals surface area contributed by atoms with Gasteiger partial charge < -0.3 is 15.4 Å². The highest BCUT2D eigenvalue weighted by atomic mass is 16.5. The quantitative estimate of drug-likeness (QED) is 0.703. The standard InChI is InChI=1S/C20H32N4O3/c1-15(18(25)22-19(26)23-20(2,3)4)21-13-16-7-5-6-8-17(16)14-24-9-11-27-12-10-24/h5-8,15,21H,9-14H2,1-4H3,(H2,22,23,25,26)/t15-/m1/s1. The first-order valence-corrected chi connectivity index (χ1v) is 9.48. The van der Waals surface area contributed by atoms with Crippen molar-refractivity contribution in [3.8, 4) is 0 Å². The van der Waals surface area contributed by atoms with Gasteiger partial charge in [0.1, 0.15) is 0 Å². The van der Waals surface area contributed by atoms with Crippen molar-refractivity contribution in [3.05, 3.63) is 35.4 Å². The fourth-order valence-electron chi connectivity index (χ4n) is 2.83. The van der Waals surface area contributed by atoms with Crippen molar-refractivity contribution < 1.29 is 14.3 Å². The summed E-state index contributed by atoms with van der Waals surface area (Å²) < 4.78 is 5.40. The molecule has 2 rings (SSSR count). The number of rotatable bonds is 6. The minimum atomic E-state index is -0.479. The van der Waals surface area contributed by atoms with Crippen LogP contribution in [0.1, 0.15) is 38.8 Å². The first-order valence-electron chi connectivity index (χ1n) is 9.48. The molecule has 1 aromatic carbocycles. The molecule has 7 heteroatoms. The molecule has 1 saturated heterocycles. The van der Waals surface area contributed by atoms with Crippen LogP contribution in [0.25, 0.3) is 0 Å². The lowest BCUT2D eigenvalue weighted by Gasteiger charge is -2.27. The molecule has 1 aliphatic rings. The van der Waals surface area contributed by atoms with E-state index in [4.69, 9.17) is 4.74 Å². The highest BCUT2D eigenvalue weighted by Crippen LogP contribution is 2.13. The lowest BCUT2D eigenvalue weighted by atomic mass is 10.1. The zero-order valence-electron chi connectivity index (χ0n) is 16.8. The number of imide groups is 1. The molecule has 0 radical (unpaired) electrons. The monoisotopic (exact) mass is 376 g/mol. The summed E-state index contributed by atoms with van der Waals surface area (Å²) in [6.45, 7) is 12.2. The van der Waals surface area contributed by atoms with Crippen LogP contribution in [0.5, 0.6) is 0 Å². The van der Waals surface area contributed by atoms with E-state index in [0.29, 0.717) is 6.54 Å². The molecule has 1 aliphatic heterocycles. The van der Waals surface area contributed by atoms with Crippen molar-refractivity contribution >= 4 is 11.9 Å². The van der Waals surface area contributed by atoms with E-state index < -0.39 is 12.1 Å². The molecule has 3 amide bonds. The normalized spacial score (nSPS) is 16.6. The lowest BCUT2D eigenvalue weighted by molar-refractivity contribution is -0.121. The fourth-order valence-corrected chi connectivity index (χ4v) is 2.83. The molecule has 0 unspecified atom stereocenters. The van der Waals surface area contributed by atoms with Crippen molar-refractivity contribution in [1.29, 1.82) is 0 Å². The Kier molecular flexibility index (Phi) is 7.77. The van der Waals surface area contributed by atoms with Gasteiger partial charge in [0.2, 0.25) is 5.91 Å². The van der Waals surface area contributed by atoms with Gasteiger partial charge in [-0.05, 0) is 38.8 Å². The summed E-state index contributed by atoms with van der Waals surface area (Å²) in [5.74, 6) is -0.345. The van der Waals surface area contributed by atoms with Crippen LogP contribution in [0.2, 0.25) is 0 Å². The number of hydrogen-bond acceptors (Lipinski definition) is 5. The average molecular weight is 377 g/mol. The second-order valence-corrected chi connectivity index (χ2v) is 7.95. The maximum Gasteiger partial charge on any atom is 0.321 e. The van der Waals surface area contributed by atoms with Crippen molar-refractivity contribution in [2.75, 3.05) is 26.3 Å². The molecule has 0 bridgehead atoms. The largest absolute Gasteiger partial charge is 0.379 e. The van der Waals surface area contributed by atoms with E-state index in [0.717, 1.165) is 38.4 Å². The Labute approximate surface area is 161 Å². The Hall–Kier alpha value is -1.96. The van der Waals surface area contributed by atoms with Gasteiger partial charge in [-0.3, -0.25) is 15.0 Å². The van der Waals surface area contributed by atoms with E-state index in [1.54, 1.807) is 6.92 Å². The molecule has 0 saturated carbocycles. The third-order valence-corrected chi connectivity index (χ3v) is 4.33. The number of hydrogen-bond donors (Lipinski definition) is 3. The number of carbonyl (C=O) groups excluding carboxylic acids is 2. The molecule has 1 fully saturated rings. The van der Waals surface area contributed by atoms with Crippen molar-refractivity contribution in [2.45, 2.75) is 52.4 Å². The van der Waals surface area contributed by atoms with Crippen LogP contribution < -0.4 is 16.0 Å². The van der Waals surface area contributed by atoms with Gasteiger partial charge in [-0.2, -0.15) is 0 Å². The third kappa shape index (κ3) is 7.66. The molecule has 7 nitrogen and oxygen atoms in total. The summed E-state index contributed by atoms with van der Waals surface area (Å²) in [6.07, 6.45) is 0. The number of nitrogens with zero attached hydrogens (tertiary/aromatic N) is 1. The van der Waals surface area contributed by atoms with E-state index in [-0.39, 0.29) is 11.4 Å². The zero-order valence-corrected chi connectivity index (χ0v) is 16.8. The Morgan fingerprint density at radius 1 is 1.15 bits per heavy atom. The predicted molar refractivity (Wildman–Crippen MR) is 105 cm³/mol. The number of carbonyl (C=O) groups is 2. The van der Waals surface area contributed by atoms with Gasteiger partial charge >= 0.3 is 6.03 Å². The van der Waals surface area contributed by atoms with Crippen LogP contribution in [0.4, 0.5) is 4.79 Å². The first kappa shape index (κ1) is 21.3. The Morgan fingerprint density at radius 2 is 1.78 bits per heavy atom. The Balaban J connectivity index is 1.86. The minimum absolute atomic E-state index is 0.345. The summed E-state index contributed by atoms with van der Waals surface area (Å²) in [6, 6.07) is 7.27. The van der Waals surface area contributed by atoms with Gasteiger partial charge in [0.25, 0.3) is 0 Å².